The van der Waals surface area contributed by atoms with E-state index in [1.807, 2.05) is 0 Å². The second-order valence-corrected chi connectivity index (χ2v) is 7.09. The summed E-state index contributed by atoms with van der Waals surface area (Å²) in [5.74, 6) is -0.439. The predicted octanol–water partition coefficient (Wildman–Crippen LogP) is 1.93. The molecule has 3 rings (SSSR count). The quantitative estimate of drug-likeness (QED) is 0.534. The van der Waals surface area contributed by atoms with Crippen LogP contribution in [0.3, 0.4) is 0 Å². The zero-order valence-electron chi connectivity index (χ0n) is 14.9. The fourth-order valence-corrected chi connectivity index (χ4v) is 3.22. The molecule has 0 saturated carbocycles. The molecular formula is C17H18N4O6S. The summed E-state index contributed by atoms with van der Waals surface area (Å²) in [6, 6.07) is 8.88. The molecule has 3 aromatic rings. The van der Waals surface area contributed by atoms with Crippen molar-refractivity contribution in [1.82, 2.24) is 14.8 Å². The molecule has 0 fully saturated rings. The lowest BCUT2D eigenvalue weighted by Gasteiger charge is -2.09. The van der Waals surface area contributed by atoms with E-state index in [4.69, 9.17) is 13.9 Å². The van der Waals surface area contributed by atoms with Crippen LogP contribution in [0.5, 0.6) is 5.75 Å². The van der Waals surface area contributed by atoms with Gasteiger partial charge in [0, 0.05) is 6.07 Å². The number of hydrogen-bond acceptors (Lipinski definition) is 8. The molecule has 0 aliphatic carbocycles. The molecule has 2 aromatic heterocycles. The number of carbonyl (C=O) groups is 1. The van der Waals surface area contributed by atoms with Crippen molar-refractivity contribution in [3.63, 3.8) is 0 Å². The van der Waals surface area contributed by atoms with Gasteiger partial charge in [0.2, 0.25) is 10.9 Å². The van der Waals surface area contributed by atoms with Gasteiger partial charge in [0.05, 0.1) is 18.8 Å². The number of benzene rings is 1. The Morgan fingerprint density at radius 2 is 2.14 bits per heavy atom. The van der Waals surface area contributed by atoms with Crippen molar-refractivity contribution in [2.45, 2.75) is 18.6 Å². The Hall–Kier alpha value is -3.34. The number of ether oxygens (including phenoxy) is 2. The average Bonchev–Trinajstić information content (AvgIpc) is 3.34. The number of nitrogens with one attached hydrogen (secondary N) is 1. The van der Waals surface area contributed by atoms with Gasteiger partial charge >= 0.3 is 5.97 Å². The van der Waals surface area contributed by atoms with Gasteiger partial charge in [0.25, 0.3) is 10.0 Å². The molecule has 148 valence electrons. The summed E-state index contributed by atoms with van der Waals surface area (Å²) in [6.45, 7) is 2.63. The lowest BCUT2D eigenvalue weighted by molar-refractivity contribution is 0.0484. The number of nitrogens with zero attached hydrogens (tertiary/aromatic N) is 3. The summed E-state index contributed by atoms with van der Waals surface area (Å²) in [5.41, 5.74) is 0.285. The molecule has 10 nitrogen and oxygen atoms in total. The number of furan rings is 1. The van der Waals surface area contributed by atoms with Gasteiger partial charge in [-0.15, -0.1) is 0 Å². The van der Waals surface area contributed by atoms with Crippen LogP contribution < -0.4 is 9.46 Å². The molecule has 0 unspecified atom stereocenters. The van der Waals surface area contributed by atoms with Crippen molar-refractivity contribution >= 4 is 21.7 Å². The van der Waals surface area contributed by atoms with Crippen LogP contribution in [0.1, 0.15) is 17.5 Å². The first kappa shape index (κ1) is 19.4. The maximum Gasteiger partial charge on any atom is 0.374 e. The predicted molar refractivity (Wildman–Crippen MR) is 97.4 cm³/mol. The summed E-state index contributed by atoms with van der Waals surface area (Å²) < 4.78 is 44.4. The fraction of sp³-hybridized carbons (Fsp3) is 0.235. The molecule has 28 heavy (non-hydrogen) atoms. The van der Waals surface area contributed by atoms with Crippen LogP contribution in [0.2, 0.25) is 0 Å². The Morgan fingerprint density at radius 1 is 1.29 bits per heavy atom. The Bertz CT molecular complexity index is 1030. The lowest BCUT2D eigenvalue weighted by atomic mass is 10.3. The molecule has 2 heterocycles. The van der Waals surface area contributed by atoms with Gasteiger partial charge in [-0.3, -0.25) is 4.72 Å². The van der Waals surface area contributed by atoms with Gasteiger partial charge in [0.15, 0.2) is 0 Å². The zero-order chi connectivity index (χ0) is 20.0. The van der Waals surface area contributed by atoms with Gasteiger partial charge in [-0.05, 0) is 31.2 Å². The van der Waals surface area contributed by atoms with Crippen molar-refractivity contribution in [2.24, 2.45) is 0 Å². The number of hydrogen-bond donors (Lipinski definition) is 1. The summed E-state index contributed by atoms with van der Waals surface area (Å²) in [7, 11) is -4.02. The third-order valence-electron chi connectivity index (χ3n) is 3.46. The summed E-state index contributed by atoms with van der Waals surface area (Å²) in [4.78, 5) is 15.5. The number of anilines is 1. The summed E-state index contributed by atoms with van der Waals surface area (Å²) >= 11 is 0. The van der Waals surface area contributed by atoms with Crippen LogP contribution in [0, 0.1) is 0 Å². The van der Waals surface area contributed by atoms with Crippen molar-refractivity contribution in [1.29, 1.82) is 0 Å². The topological polar surface area (TPSA) is 126 Å². The van der Waals surface area contributed by atoms with E-state index in [1.54, 1.807) is 36.1 Å². The summed E-state index contributed by atoms with van der Waals surface area (Å²) in [6.07, 6.45) is 3.00. The van der Waals surface area contributed by atoms with E-state index < -0.39 is 21.1 Å². The largest absolute Gasteiger partial charge is 0.492 e. The average molecular weight is 406 g/mol. The highest BCUT2D eigenvalue weighted by molar-refractivity contribution is 7.92. The van der Waals surface area contributed by atoms with Crippen LogP contribution in [0.15, 0.2) is 58.6 Å². The minimum absolute atomic E-state index is 0.156. The van der Waals surface area contributed by atoms with Crippen molar-refractivity contribution in [3.8, 4) is 5.75 Å². The number of sulfonamides is 1. The Labute approximate surface area is 161 Å². The normalized spacial score (nSPS) is 11.2. The van der Waals surface area contributed by atoms with E-state index in [1.165, 1.54) is 24.5 Å². The SMILES string of the molecule is CCOC(=O)c1ccc(S(=O)(=O)Nc2cccc(OCCn3cncn3)c2)o1. The molecule has 0 bridgehead atoms. The summed E-state index contributed by atoms with van der Waals surface area (Å²) in [5, 5.41) is 3.57. The second-order valence-electron chi connectivity index (χ2n) is 5.48. The standard InChI is InChI=1S/C17H18N4O6S/c1-2-25-17(22)15-6-7-16(27-15)28(23,24)20-13-4-3-5-14(10-13)26-9-8-21-12-18-11-19-21/h3-7,10-12,20H,2,8-9H2,1H3. The molecule has 0 spiro atoms. The Kier molecular flexibility index (Phi) is 5.94. The minimum Gasteiger partial charge on any atom is -0.492 e. The molecule has 0 amide bonds. The van der Waals surface area contributed by atoms with E-state index in [-0.39, 0.29) is 18.1 Å². The van der Waals surface area contributed by atoms with E-state index in [0.717, 1.165) is 0 Å². The van der Waals surface area contributed by atoms with Crippen LogP contribution in [-0.4, -0.2) is 42.4 Å². The highest BCUT2D eigenvalue weighted by atomic mass is 32.2. The molecule has 11 heteroatoms. The molecule has 1 aromatic carbocycles. The molecule has 0 atom stereocenters. The third-order valence-corrected chi connectivity index (χ3v) is 4.72. The highest BCUT2D eigenvalue weighted by Gasteiger charge is 2.22. The highest BCUT2D eigenvalue weighted by Crippen LogP contribution is 2.22. The van der Waals surface area contributed by atoms with Gasteiger partial charge < -0.3 is 13.9 Å². The van der Waals surface area contributed by atoms with E-state index in [2.05, 4.69) is 14.8 Å². The van der Waals surface area contributed by atoms with Gasteiger partial charge in [-0.1, -0.05) is 6.07 Å². The molecular weight excluding hydrogens is 388 g/mol. The smallest absolute Gasteiger partial charge is 0.374 e. The van der Waals surface area contributed by atoms with Crippen molar-refractivity contribution in [3.05, 3.63) is 54.8 Å². The molecule has 0 radical (unpaired) electrons. The maximum atomic E-state index is 12.5. The van der Waals surface area contributed by atoms with E-state index in [0.29, 0.717) is 18.9 Å². The first-order chi connectivity index (χ1) is 13.5. The van der Waals surface area contributed by atoms with Gasteiger partial charge in [-0.2, -0.15) is 13.5 Å². The lowest BCUT2D eigenvalue weighted by Crippen LogP contribution is -2.13. The molecule has 0 aliphatic rings. The van der Waals surface area contributed by atoms with Gasteiger partial charge in [-0.25, -0.2) is 14.5 Å². The third kappa shape index (κ3) is 4.88. The van der Waals surface area contributed by atoms with E-state index >= 15 is 0 Å². The van der Waals surface area contributed by atoms with Crippen molar-refractivity contribution < 1.29 is 27.1 Å². The number of esters is 1. The number of carbonyl (C=O) groups excluding carboxylic acids is 1. The fourth-order valence-electron chi connectivity index (χ4n) is 2.24. The molecule has 0 saturated heterocycles. The van der Waals surface area contributed by atoms with Crippen LogP contribution >= 0.6 is 0 Å². The molecule has 0 aliphatic heterocycles. The zero-order valence-corrected chi connectivity index (χ0v) is 15.8. The number of aromatic nitrogens is 3. The van der Waals surface area contributed by atoms with Crippen LogP contribution in [-0.2, 0) is 21.3 Å². The first-order valence-corrected chi connectivity index (χ1v) is 9.81. The Balaban J connectivity index is 1.64. The number of rotatable bonds is 9. The van der Waals surface area contributed by atoms with Crippen molar-refractivity contribution in [2.75, 3.05) is 17.9 Å². The minimum atomic E-state index is -4.02. The van der Waals surface area contributed by atoms with E-state index in [9.17, 15) is 13.2 Å². The van der Waals surface area contributed by atoms with Crippen LogP contribution in [0.25, 0.3) is 0 Å². The monoisotopic (exact) mass is 406 g/mol. The molecule has 1 N–H and O–H groups in total. The van der Waals surface area contributed by atoms with Gasteiger partial charge in [0.1, 0.15) is 25.0 Å². The Morgan fingerprint density at radius 3 is 2.89 bits per heavy atom. The first-order valence-electron chi connectivity index (χ1n) is 8.33. The van der Waals surface area contributed by atoms with Crippen LogP contribution in [0.4, 0.5) is 5.69 Å². The second kappa shape index (κ2) is 8.57. The maximum absolute atomic E-state index is 12.5.